The number of methoxy groups -OCH3 is 1. The van der Waals surface area contributed by atoms with E-state index in [9.17, 15) is 4.79 Å². The number of nitrogens with one attached hydrogen (secondary N) is 1. The van der Waals surface area contributed by atoms with Crippen molar-refractivity contribution in [1.29, 1.82) is 0 Å². The Balaban J connectivity index is 1.78. The average molecular weight is 417 g/mol. The minimum atomic E-state index is -0.706. The summed E-state index contributed by atoms with van der Waals surface area (Å²) >= 11 is 2.26. The van der Waals surface area contributed by atoms with Crippen LogP contribution in [0.25, 0.3) is 0 Å². The fourth-order valence-electron chi connectivity index (χ4n) is 3.23. The molecular formula is C16H20INO4. The first-order chi connectivity index (χ1) is 10.6. The zero-order valence-corrected chi connectivity index (χ0v) is 14.7. The van der Waals surface area contributed by atoms with Crippen molar-refractivity contribution in [2.75, 3.05) is 25.6 Å². The number of esters is 1. The minimum Gasteiger partial charge on any atom is -0.467 e. The van der Waals surface area contributed by atoms with Crippen molar-refractivity contribution >= 4 is 34.2 Å². The van der Waals surface area contributed by atoms with Crippen molar-refractivity contribution in [2.24, 2.45) is 0 Å². The van der Waals surface area contributed by atoms with Gasteiger partial charge in [0, 0.05) is 22.1 Å². The second-order valence-corrected chi connectivity index (χ2v) is 7.06. The van der Waals surface area contributed by atoms with Gasteiger partial charge in [0.25, 0.3) is 0 Å². The van der Waals surface area contributed by atoms with Crippen molar-refractivity contribution in [3.05, 3.63) is 27.8 Å². The molecule has 1 aromatic carbocycles. The maximum atomic E-state index is 12.4. The molecule has 1 N–H and O–H groups in total. The van der Waals surface area contributed by atoms with Crippen LogP contribution in [0.1, 0.15) is 25.7 Å². The van der Waals surface area contributed by atoms with E-state index in [-0.39, 0.29) is 5.97 Å². The van der Waals surface area contributed by atoms with Gasteiger partial charge in [-0.1, -0.05) is 0 Å². The highest BCUT2D eigenvalue weighted by Crippen LogP contribution is 2.42. The summed E-state index contributed by atoms with van der Waals surface area (Å²) in [6, 6.07) is 8.00. The van der Waals surface area contributed by atoms with Crippen molar-refractivity contribution in [1.82, 2.24) is 0 Å². The van der Waals surface area contributed by atoms with Crippen LogP contribution in [0.3, 0.4) is 0 Å². The van der Waals surface area contributed by atoms with Gasteiger partial charge in [0.05, 0.1) is 20.3 Å². The molecule has 2 fully saturated rings. The topological polar surface area (TPSA) is 56.8 Å². The lowest BCUT2D eigenvalue weighted by molar-refractivity contribution is -0.188. The molecule has 1 aromatic rings. The van der Waals surface area contributed by atoms with E-state index in [2.05, 4.69) is 27.9 Å². The number of carbonyl (C=O) groups is 1. The lowest BCUT2D eigenvalue weighted by Gasteiger charge is -2.42. The molecule has 5 nitrogen and oxygen atoms in total. The van der Waals surface area contributed by atoms with Crippen molar-refractivity contribution < 1.29 is 19.0 Å². The second kappa shape index (κ2) is 6.33. The van der Waals surface area contributed by atoms with E-state index in [1.54, 1.807) is 0 Å². The molecule has 0 amide bonds. The van der Waals surface area contributed by atoms with Gasteiger partial charge in [0.2, 0.25) is 0 Å². The van der Waals surface area contributed by atoms with Crippen LogP contribution in [0.5, 0.6) is 0 Å². The highest BCUT2D eigenvalue weighted by Gasteiger charge is 2.50. The molecule has 3 rings (SSSR count). The first-order valence-corrected chi connectivity index (χ1v) is 8.56. The van der Waals surface area contributed by atoms with Gasteiger partial charge in [-0.2, -0.15) is 0 Å². The lowest BCUT2D eigenvalue weighted by Crippen LogP contribution is -2.53. The Bertz CT molecular complexity index is 530. The number of benzene rings is 1. The molecule has 1 aliphatic heterocycles. The maximum absolute atomic E-state index is 12.4. The Labute approximate surface area is 143 Å². The smallest absolute Gasteiger partial charge is 0.331 e. The number of hydrogen-bond donors (Lipinski definition) is 1. The van der Waals surface area contributed by atoms with Gasteiger partial charge in [-0.15, -0.1) is 0 Å². The predicted molar refractivity (Wildman–Crippen MR) is 90.6 cm³/mol. The summed E-state index contributed by atoms with van der Waals surface area (Å²) in [7, 11) is 1.44. The first kappa shape index (κ1) is 16.0. The molecular weight excluding hydrogens is 397 g/mol. The van der Waals surface area contributed by atoms with Gasteiger partial charge in [-0.25, -0.2) is 4.79 Å². The maximum Gasteiger partial charge on any atom is 0.331 e. The first-order valence-electron chi connectivity index (χ1n) is 7.48. The van der Waals surface area contributed by atoms with Crippen LogP contribution in [-0.2, 0) is 19.0 Å². The Kier molecular flexibility index (Phi) is 4.61. The zero-order chi connectivity index (χ0) is 15.6. The Morgan fingerprint density at radius 3 is 2.27 bits per heavy atom. The number of halogens is 1. The molecule has 1 spiro atoms. The van der Waals surface area contributed by atoms with E-state index in [4.69, 9.17) is 14.2 Å². The third-order valence-electron chi connectivity index (χ3n) is 4.48. The molecule has 1 saturated heterocycles. The van der Waals surface area contributed by atoms with Crippen molar-refractivity contribution in [3.63, 3.8) is 0 Å². The Morgan fingerprint density at radius 2 is 1.73 bits per heavy atom. The third-order valence-corrected chi connectivity index (χ3v) is 5.20. The van der Waals surface area contributed by atoms with Gasteiger partial charge in [0.1, 0.15) is 5.54 Å². The zero-order valence-electron chi connectivity index (χ0n) is 12.6. The normalized spacial score (nSPS) is 22.5. The minimum absolute atomic E-state index is 0.223. The molecule has 120 valence electrons. The Morgan fingerprint density at radius 1 is 1.14 bits per heavy atom. The molecule has 1 aliphatic carbocycles. The number of hydrogen-bond acceptors (Lipinski definition) is 5. The second-order valence-electron chi connectivity index (χ2n) is 5.81. The highest BCUT2D eigenvalue weighted by molar-refractivity contribution is 14.1. The van der Waals surface area contributed by atoms with Gasteiger partial charge < -0.3 is 19.5 Å². The fourth-order valence-corrected chi connectivity index (χ4v) is 3.59. The van der Waals surface area contributed by atoms with Crippen LogP contribution in [0, 0.1) is 3.57 Å². The molecule has 0 atom stereocenters. The van der Waals surface area contributed by atoms with Crippen LogP contribution in [0.15, 0.2) is 24.3 Å². The molecule has 0 bridgehead atoms. The predicted octanol–water partition coefficient (Wildman–Crippen LogP) is 2.93. The molecule has 6 heteroatoms. The largest absolute Gasteiger partial charge is 0.467 e. The van der Waals surface area contributed by atoms with Crippen LogP contribution >= 0.6 is 22.6 Å². The number of anilines is 1. The standard InChI is InChI=1S/C16H20INO4/c1-20-14(19)15(18-13-4-2-12(17)3-5-13)6-8-16(9-7-15)21-10-11-22-16/h2-5,18H,6-11H2,1H3. The monoisotopic (exact) mass is 417 g/mol. The van der Waals surface area contributed by atoms with E-state index in [1.807, 2.05) is 24.3 Å². The SMILES string of the molecule is COC(=O)C1(Nc2ccc(I)cc2)CCC2(CC1)OCCO2. The van der Waals surface area contributed by atoms with E-state index in [0.29, 0.717) is 38.9 Å². The van der Waals surface area contributed by atoms with E-state index >= 15 is 0 Å². The number of ether oxygens (including phenoxy) is 3. The summed E-state index contributed by atoms with van der Waals surface area (Å²) in [6.45, 7) is 1.27. The molecule has 0 radical (unpaired) electrons. The van der Waals surface area contributed by atoms with Crippen molar-refractivity contribution in [2.45, 2.75) is 37.0 Å². The number of rotatable bonds is 3. The average Bonchev–Trinajstić information content (AvgIpc) is 3.00. The summed E-state index contributed by atoms with van der Waals surface area (Å²) < 4.78 is 17.7. The van der Waals surface area contributed by atoms with Crippen LogP contribution in [0.4, 0.5) is 5.69 Å². The summed E-state index contributed by atoms with van der Waals surface area (Å²) in [6.07, 6.45) is 2.65. The highest BCUT2D eigenvalue weighted by atomic mass is 127. The van der Waals surface area contributed by atoms with Gasteiger partial charge in [-0.3, -0.25) is 0 Å². The molecule has 1 heterocycles. The quantitative estimate of drug-likeness (QED) is 0.606. The summed E-state index contributed by atoms with van der Waals surface area (Å²) in [5, 5.41) is 3.39. The van der Waals surface area contributed by atoms with Gasteiger partial charge in [-0.05, 0) is 59.7 Å². The van der Waals surface area contributed by atoms with E-state index in [0.717, 1.165) is 9.26 Å². The van der Waals surface area contributed by atoms with Crippen LogP contribution in [-0.4, -0.2) is 37.6 Å². The van der Waals surface area contributed by atoms with Gasteiger partial charge >= 0.3 is 5.97 Å². The molecule has 1 saturated carbocycles. The molecule has 0 aromatic heterocycles. The summed E-state index contributed by atoms with van der Waals surface area (Å²) in [4.78, 5) is 12.4. The summed E-state index contributed by atoms with van der Waals surface area (Å²) in [5.74, 6) is -0.718. The molecule has 2 aliphatic rings. The van der Waals surface area contributed by atoms with Gasteiger partial charge in [0.15, 0.2) is 5.79 Å². The summed E-state index contributed by atoms with van der Waals surface area (Å²) in [5.41, 5.74) is 0.220. The molecule has 22 heavy (non-hydrogen) atoms. The molecule has 0 unspecified atom stereocenters. The van der Waals surface area contributed by atoms with E-state index < -0.39 is 11.3 Å². The Hall–Kier alpha value is -0.860. The fraction of sp³-hybridized carbons (Fsp3) is 0.562. The van der Waals surface area contributed by atoms with Crippen LogP contribution < -0.4 is 5.32 Å². The third kappa shape index (κ3) is 3.09. The lowest BCUT2D eigenvalue weighted by atomic mass is 9.78. The van der Waals surface area contributed by atoms with E-state index in [1.165, 1.54) is 7.11 Å². The van der Waals surface area contributed by atoms with Crippen LogP contribution in [0.2, 0.25) is 0 Å². The number of carbonyl (C=O) groups excluding carboxylic acids is 1. The van der Waals surface area contributed by atoms with Crippen molar-refractivity contribution in [3.8, 4) is 0 Å².